The molecule has 0 unspecified atom stereocenters. The van der Waals surface area contributed by atoms with E-state index in [9.17, 15) is 13.2 Å². The van der Waals surface area contributed by atoms with Gasteiger partial charge in [-0.3, -0.25) is 9.10 Å². The van der Waals surface area contributed by atoms with Gasteiger partial charge in [0, 0.05) is 12.1 Å². The Balaban J connectivity index is 2.05. The first-order valence-corrected chi connectivity index (χ1v) is 10.6. The predicted octanol–water partition coefficient (Wildman–Crippen LogP) is 2.98. The topological polar surface area (TPSA) is 75.7 Å². The van der Waals surface area contributed by atoms with Crippen molar-refractivity contribution in [1.29, 1.82) is 0 Å². The van der Waals surface area contributed by atoms with Crippen molar-refractivity contribution in [1.82, 2.24) is 5.32 Å². The molecule has 0 aliphatic carbocycles. The molecule has 2 rings (SSSR count). The van der Waals surface area contributed by atoms with Crippen LogP contribution in [0.4, 0.5) is 5.69 Å². The van der Waals surface area contributed by atoms with Crippen LogP contribution < -0.4 is 14.4 Å². The minimum atomic E-state index is -3.48. The Bertz CT molecular complexity index is 877. The summed E-state index contributed by atoms with van der Waals surface area (Å²) in [7, 11) is -3.48. The van der Waals surface area contributed by atoms with Gasteiger partial charge >= 0.3 is 0 Å². The normalized spacial score (nSPS) is 11.3. The average Bonchev–Trinajstić information content (AvgIpc) is 2.58. The molecule has 1 N–H and O–H groups in total. The van der Waals surface area contributed by atoms with E-state index >= 15 is 0 Å². The molecule has 0 heterocycles. The highest BCUT2D eigenvalue weighted by Crippen LogP contribution is 2.22. The largest absolute Gasteiger partial charge is 0.491 e. The van der Waals surface area contributed by atoms with Crippen LogP contribution in [0.3, 0.4) is 0 Å². The van der Waals surface area contributed by atoms with Crippen molar-refractivity contribution in [2.75, 3.05) is 23.7 Å². The van der Waals surface area contributed by atoms with E-state index in [1.807, 2.05) is 32.9 Å². The maximum absolute atomic E-state index is 12.3. The Morgan fingerprint density at radius 1 is 1.11 bits per heavy atom. The molecular formula is C20H26N2O4S. The average molecular weight is 391 g/mol. The van der Waals surface area contributed by atoms with Crippen LogP contribution in [0.5, 0.6) is 5.75 Å². The van der Waals surface area contributed by atoms with Crippen LogP contribution in [0.1, 0.15) is 29.8 Å². The van der Waals surface area contributed by atoms with Gasteiger partial charge in [0.2, 0.25) is 10.0 Å². The Morgan fingerprint density at radius 2 is 1.74 bits per heavy atom. The van der Waals surface area contributed by atoms with Crippen LogP contribution in [-0.4, -0.2) is 39.8 Å². The molecule has 7 heteroatoms. The van der Waals surface area contributed by atoms with E-state index in [-0.39, 0.29) is 25.1 Å². The maximum Gasteiger partial charge on any atom is 0.251 e. The maximum atomic E-state index is 12.3. The highest BCUT2D eigenvalue weighted by Gasteiger charge is 2.18. The highest BCUT2D eigenvalue weighted by molar-refractivity contribution is 7.92. The predicted molar refractivity (Wildman–Crippen MR) is 108 cm³/mol. The van der Waals surface area contributed by atoms with E-state index in [4.69, 9.17) is 4.74 Å². The Morgan fingerprint density at radius 3 is 2.30 bits per heavy atom. The fraction of sp³-hybridized carbons (Fsp3) is 0.350. The number of sulfonamides is 1. The first-order chi connectivity index (χ1) is 12.7. The molecule has 0 spiro atoms. The lowest BCUT2D eigenvalue weighted by atomic mass is 10.1. The second kappa shape index (κ2) is 8.90. The van der Waals surface area contributed by atoms with Gasteiger partial charge in [0.1, 0.15) is 5.75 Å². The van der Waals surface area contributed by atoms with Crippen molar-refractivity contribution in [2.24, 2.45) is 0 Å². The number of rotatable bonds is 8. The van der Waals surface area contributed by atoms with E-state index < -0.39 is 10.0 Å². The second-order valence-electron chi connectivity index (χ2n) is 6.57. The number of anilines is 1. The van der Waals surface area contributed by atoms with Crippen LogP contribution in [0, 0.1) is 6.92 Å². The third-order valence-corrected chi connectivity index (χ3v) is 5.08. The minimum Gasteiger partial charge on any atom is -0.491 e. The minimum absolute atomic E-state index is 0.0403. The van der Waals surface area contributed by atoms with Gasteiger partial charge in [-0.2, -0.15) is 0 Å². The lowest BCUT2D eigenvalue weighted by Gasteiger charge is -2.23. The third kappa shape index (κ3) is 5.99. The molecule has 0 aromatic heterocycles. The standard InChI is InChI=1S/C20H26N2O4S/c1-15(2)26-18-11-9-17(10-12-18)22(27(4,24)25)14-13-21-20(23)19-8-6-5-7-16(19)3/h5-12,15H,13-14H2,1-4H3,(H,21,23). The Hall–Kier alpha value is -2.54. The van der Waals surface area contributed by atoms with Gasteiger partial charge in [0.25, 0.3) is 5.91 Å². The summed E-state index contributed by atoms with van der Waals surface area (Å²) in [5, 5.41) is 2.78. The second-order valence-corrected chi connectivity index (χ2v) is 8.47. The molecule has 0 radical (unpaired) electrons. The van der Waals surface area contributed by atoms with Crippen LogP contribution >= 0.6 is 0 Å². The number of ether oxygens (including phenoxy) is 1. The van der Waals surface area contributed by atoms with E-state index in [0.29, 0.717) is 17.0 Å². The molecule has 0 bridgehead atoms. The number of nitrogens with zero attached hydrogens (tertiary/aromatic N) is 1. The summed E-state index contributed by atoms with van der Waals surface area (Å²) < 4.78 is 31.2. The zero-order chi connectivity index (χ0) is 20.0. The monoisotopic (exact) mass is 390 g/mol. The van der Waals surface area contributed by atoms with E-state index in [1.54, 1.807) is 36.4 Å². The molecule has 6 nitrogen and oxygen atoms in total. The van der Waals surface area contributed by atoms with Crippen molar-refractivity contribution in [2.45, 2.75) is 26.9 Å². The number of carbonyl (C=O) groups excluding carboxylic acids is 1. The van der Waals surface area contributed by atoms with E-state index in [1.165, 1.54) is 4.31 Å². The van der Waals surface area contributed by atoms with Gasteiger partial charge in [-0.25, -0.2) is 8.42 Å². The summed E-state index contributed by atoms with van der Waals surface area (Å²) in [6, 6.07) is 14.1. The third-order valence-electron chi connectivity index (χ3n) is 3.89. The number of hydrogen-bond donors (Lipinski definition) is 1. The van der Waals surface area contributed by atoms with Crippen molar-refractivity contribution in [3.8, 4) is 5.75 Å². The molecule has 2 aromatic carbocycles. The Labute approximate surface area is 161 Å². The number of aryl methyl sites for hydroxylation is 1. The molecule has 0 atom stereocenters. The molecule has 0 fully saturated rings. The van der Waals surface area contributed by atoms with Crippen molar-refractivity contribution < 1.29 is 17.9 Å². The first kappa shape index (κ1) is 20.8. The van der Waals surface area contributed by atoms with Gasteiger partial charge < -0.3 is 10.1 Å². The molecule has 0 aliphatic heterocycles. The summed E-state index contributed by atoms with van der Waals surface area (Å²) in [4.78, 5) is 12.3. The molecule has 0 saturated heterocycles. The summed E-state index contributed by atoms with van der Waals surface area (Å²) in [5.41, 5.74) is 1.98. The Kier molecular flexibility index (Phi) is 6.85. The smallest absolute Gasteiger partial charge is 0.251 e. The highest BCUT2D eigenvalue weighted by atomic mass is 32.2. The van der Waals surface area contributed by atoms with E-state index in [2.05, 4.69) is 5.32 Å². The number of amides is 1. The first-order valence-electron chi connectivity index (χ1n) is 8.76. The summed E-state index contributed by atoms with van der Waals surface area (Å²) in [6.45, 7) is 6.05. The van der Waals surface area contributed by atoms with Crippen LogP contribution in [0.2, 0.25) is 0 Å². The molecule has 0 aliphatic rings. The number of nitrogens with one attached hydrogen (secondary N) is 1. The number of hydrogen-bond acceptors (Lipinski definition) is 4. The zero-order valence-electron chi connectivity index (χ0n) is 16.1. The lowest BCUT2D eigenvalue weighted by Crippen LogP contribution is -2.38. The van der Waals surface area contributed by atoms with Crippen LogP contribution in [0.15, 0.2) is 48.5 Å². The van der Waals surface area contributed by atoms with Gasteiger partial charge in [-0.1, -0.05) is 18.2 Å². The van der Waals surface area contributed by atoms with Crippen LogP contribution in [-0.2, 0) is 10.0 Å². The molecule has 2 aromatic rings. The van der Waals surface area contributed by atoms with Crippen LogP contribution in [0.25, 0.3) is 0 Å². The molecule has 146 valence electrons. The van der Waals surface area contributed by atoms with Crippen molar-refractivity contribution in [3.05, 3.63) is 59.7 Å². The number of carbonyl (C=O) groups is 1. The lowest BCUT2D eigenvalue weighted by molar-refractivity contribution is 0.0954. The number of benzene rings is 2. The van der Waals surface area contributed by atoms with E-state index in [0.717, 1.165) is 11.8 Å². The molecule has 27 heavy (non-hydrogen) atoms. The van der Waals surface area contributed by atoms with Gasteiger partial charge in [0.05, 0.1) is 24.6 Å². The molecule has 1 amide bonds. The fourth-order valence-electron chi connectivity index (χ4n) is 2.64. The van der Waals surface area contributed by atoms with Gasteiger partial charge in [-0.15, -0.1) is 0 Å². The van der Waals surface area contributed by atoms with Gasteiger partial charge in [-0.05, 0) is 56.7 Å². The fourth-order valence-corrected chi connectivity index (χ4v) is 3.57. The zero-order valence-corrected chi connectivity index (χ0v) is 16.9. The van der Waals surface area contributed by atoms with Crippen molar-refractivity contribution >= 4 is 21.6 Å². The summed E-state index contributed by atoms with van der Waals surface area (Å²) >= 11 is 0. The summed E-state index contributed by atoms with van der Waals surface area (Å²) in [5.74, 6) is 0.456. The SMILES string of the molecule is Cc1ccccc1C(=O)NCCN(c1ccc(OC(C)C)cc1)S(C)(=O)=O. The van der Waals surface area contributed by atoms with Gasteiger partial charge in [0.15, 0.2) is 0 Å². The quantitative estimate of drug-likeness (QED) is 0.752. The molecule has 0 saturated carbocycles. The molecular weight excluding hydrogens is 364 g/mol. The van der Waals surface area contributed by atoms with Crippen molar-refractivity contribution in [3.63, 3.8) is 0 Å². The summed E-state index contributed by atoms with van der Waals surface area (Å²) in [6.07, 6.45) is 1.19.